The third kappa shape index (κ3) is 6.35. The van der Waals surface area contributed by atoms with Gasteiger partial charge in [-0.25, -0.2) is 4.98 Å². The van der Waals surface area contributed by atoms with Gasteiger partial charge >= 0.3 is 5.97 Å². The van der Waals surface area contributed by atoms with Crippen LogP contribution in [0, 0.1) is 0 Å². The van der Waals surface area contributed by atoms with Crippen LogP contribution in [0.25, 0.3) is 0 Å². The molecule has 0 fully saturated rings. The van der Waals surface area contributed by atoms with Crippen molar-refractivity contribution in [2.24, 2.45) is 0 Å². The van der Waals surface area contributed by atoms with Gasteiger partial charge in [0.15, 0.2) is 5.13 Å². The third-order valence-corrected chi connectivity index (χ3v) is 3.56. The van der Waals surface area contributed by atoms with Crippen LogP contribution in [0.1, 0.15) is 25.5 Å². The maximum Gasteiger partial charge on any atom is 0.305 e. The van der Waals surface area contributed by atoms with E-state index in [9.17, 15) is 14.4 Å². The summed E-state index contributed by atoms with van der Waals surface area (Å²) in [5.41, 5.74) is 0.819. The van der Waals surface area contributed by atoms with Gasteiger partial charge in [0, 0.05) is 25.8 Å². The maximum absolute atomic E-state index is 11.7. The number of methoxy groups -OCH3 is 1. The van der Waals surface area contributed by atoms with E-state index in [1.54, 1.807) is 7.05 Å². The van der Waals surface area contributed by atoms with E-state index in [2.05, 4.69) is 15.0 Å². The first-order valence-corrected chi connectivity index (χ1v) is 7.33. The average Bonchev–Trinajstić information content (AvgIpc) is 2.85. The number of hydrogen-bond acceptors (Lipinski definition) is 6. The molecular formula is C13H19N3O4S. The fourth-order valence-electron chi connectivity index (χ4n) is 1.48. The number of esters is 1. The molecule has 1 aromatic rings. The highest BCUT2D eigenvalue weighted by Gasteiger charge is 2.11. The second-order valence-electron chi connectivity index (χ2n) is 4.50. The molecule has 116 valence electrons. The Bertz CT molecular complexity index is 515. The Labute approximate surface area is 127 Å². The number of carbonyl (C=O) groups excluding carboxylic acids is 3. The van der Waals surface area contributed by atoms with Gasteiger partial charge < -0.3 is 15.0 Å². The molecule has 1 heterocycles. The summed E-state index contributed by atoms with van der Waals surface area (Å²) >= 11 is 1.32. The van der Waals surface area contributed by atoms with Gasteiger partial charge in [0.05, 0.1) is 19.3 Å². The Hall–Kier alpha value is -1.96. The van der Waals surface area contributed by atoms with Crippen LogP contribution in [0.5, 0.6) is 0 Å². The molecule has 8 heteroatoms. The fraction of sp³-hybridized carbons (Fsp3) is 0.538. The van der Waals surface area contributed by atoms with E-state index >= 15 is 0 Å². The molecule has 0 aliphatic heterocycles. The van der Waals surface area contributed by atoms with Crippen molar-refractivity contribution in [2.75, 3.05) is 26.0 Å². The normalized spacial score (nSPS) is 10.0. The van der Waals surface area contributed by atoms with Crippen LogP contribution in [-0.4, -0.2) is 48.4 Å². The van der Waals surface area contributed by atoms with Gasteiger partial charge in [-0.2, -0.15) is 0 Å². The first-order chi connectivity index (χ1) is 9.92. The van der Waals surface area contributed by atoms with Crippen molar-refractivity contribution in [3.63, 3.8) is 0 Å². The number of aromatic nitrogens is 1. The van der Waals surface area contributed by atoms with Crippen molar-refractivity contribution < 1.29 is 19.1 Å². The van der Waals surface area contributed by atoms with Crippen LogP contribution in [0.15, 0.2) is 5.38 Å². The Kier molecular flexibility index (Phi) is 6.80. The van der Waals surface area contributed by atoms with Gasteiger partial charge in [-0.05, 0) is 12.8 Å². The van der Waals surface area contributed by atoms with E-state index < -0.39 is 0 Å². The zero-order valence-electron chi connectivity index (χ0n) is 12.3. The minimum atomic E-state index is -0.289. The number of nitrogens with one attached hydrogen (secondary N) is 1. The molecule has 0 unspecified atom stereocenters. The summed E-state index contributed by atoms with van der Waals surface area (Å²) in [6.07, 6.45) is 1.64. The molecule has 1 N–H and O–H groups in total. The van der Waals surface area contributed by atoms with Gasteiger partial charge in [-0.1, -0.05) is 0 Å². The molecular weight excluding hydrogens is 294 g/mol. The first-order valence-electron chi connectivity index (χ1n) is 6.45. The topological polar surface area (TPSA) is 88.6 Å². The number of likely N-dealkylation sites (N-methyl/N-ethyl adjacent to an activating group) is 1. The smallest absolute Gasteiger partial charge is 0.305 e. The van der Waals surface area contributed by atoms with E-state index in [1.165, 1.54) is 30.3 Å². The number of anilines is 1. The molecule has 7 nitrogen and oxygen atoms in total. The molecule has 0 saturated carbocycles. The lowest BCUT2D eigenvalue weighted by Crippen LogP contribution is -2.33. The van der Waals surface area contributed by atoms with Crippen LogP contribution in [-0.2, 0) is 25.5 Å². The van der Waals surface area contributed by atoms with Gasteiger partial charge in [0.1, 0.15) is 0 Å². The molecule has 0 radical (unpaired) electrons. The number of amides is 2. The zero-order chi connectivity index (χ0) is 15.8. The van der Waals surface area contributed by atoms with Crippen molar-refractivity contribution in [3.05, 3.63) is 11.1 Å². The standard InChI is InChI=1S/C13H19N3O4S/c1-9(17)16(2)7-11(18)15-13-14-10(8-21-13)5-4-6-12(19)20-3/h8H,4-7H2,1-3H3,(H,14,15,18). The van der Waals surface area contributed by atoms with Gasteiger partial charge in [-0.15, -0.1) is 11.3 Å². The van der Waals surface area contributed by atoms with Gasteiger partial charge in [0.2, 0.25) is 11.8 Å². The summed E-state index contributed by atoms with van der Waals surface area (Å²) < 4.78 is 4.56. The summed E-state index contributed by atoms with van der Waals surface area (Å²) in [5, 5.41) is 4.97. The summed E-state index contributed by atoms with van der Waals surface area (Å²) in [4.78, 5) is 39.3. The van der Waals surface area contributed by atoms with Crippen molar-refractivity contribution in [3.8, 4) is 0 Å². The lowest BCUT2D eigenvalue weighted by atomic mass is 10.2. The number of nitrogens with zero attached hydrogens (tertiary/aromatic N) is 2. The van der Waals surface area contributed by atoms with Crippen LogP contribution in [0.2, 0.25) is 0 Å². The molecule has 0 aromatic carbocycles. The van der Waals surface area contributed by atoms with Crippen molar-refractivity contribution in [2.45, 2.75) is 26.2 Å². The number of aryl methyl sites for hydroxylation is 1. The molecule has 21 heavy (non-hydrogen) atoms. The number of carbonyl (C=O) groups is 3. The van der Waals surface area contributed by atoms with E-state index in [0.29, 0.717) is 24.4 Å². The minimum Gasteiger partial charge on any atom is -0.469 e. The van der Waals surface area contributed by atoms with Gasteiger partial charge in [-0.3, -0.25) is 14.4 Å². The predicted octanol–water partition coefficient (Wildman–Crippen LogP) is 1.06. The second-order valence-corrected chi connectivity index (χ2v) is 5.36. The Morgan fingerprint density at radius 2 is 2.14 bits per heavy atom. The lowest BCUT2D eigenvalue weighted by molar-refractivity contribution is -0.140. The largest absolute Gasteiger partial charge is 0.469 e. The number of thiazole rings is 1. The molecule has 0 spiro atoms. The van der Waals surface area contributed by atoms with Crippen molar-refractivity contribution in [1.29, 1.82) is 0 Å². The SMILES string of the molecule is COC(=O)CCCc1csc(NC(=O)CN(C)C(C)=O)n1. The van der Waals surface area contributed by atoms with Crippen LogP contribution < -0.4 is 5.32 Å². The molecule has 2 amide bonds. The first kappa shape index (κ1) is 17.1. The Balaban J connectivity index is 2.39. The Morgan fingerprint density at radius 1 is 1.43 bits per heavy atom. The Morgan fingerprint density at radius 3 is 2.76 bits per heavy atom. The summed E-state index contributed by atoms with van der Waals surface area (Å²) in [6.45, 7) is 1.39. The summed E-state index contributed by atoms with van der Waals surface area (Å²) in [6, 6.07) is 0. The van der Waals surface area contributed by atoms with Crippen molar-refractivity contribution >= 4 is 34.3 Å². The quantitative estimate of drug-likeness (QED) is 0.760. The highest BCUT2D eigenvalue weighted by Crippen LogP contribution is 2.17. The molecule has 0 atom stereocenters. The predicted molar refractivity (Wildman–Crippen MR) is 79.0 cm³/mol. The van der Waals surface area contributed by atoms with E-state index in [4.69, 9.17) is 0 Å². The van der Waals surface area contributed by atoms with Crippen molar-refractivity contribution in [1.82, 2.24) is 9.88 Å². The number of hydrogen-bond donors (Lipinski definition) is 1. The minimum absolute atomic E-state index is 0.00735. The van der Waals surface area contributed by atoms with Gasteiger partial charge in [0.25, 0.3) is 0 Å². The highest BCUT2D eigenvalue weighted by molar-refractivity contribution is 7.13. The third-order valence-electron chi connectivity index (χ3n) is 2.76. The van der Waals surface area contributed by atoms with Crippen LogP contribution >= 0.6 is 11.3 Å². The molecule has 0 aliphatic rings. The van der Waals surface area contributed by atoms with E-state index in [0.717, 1.165) is 5.69 Å². The van der Waals surface area contributed by atoms with E-state index in [1.807, 2.05) is 5.38 Å². The molecule has 1 aromatic heterocycles. The molecule has 1 rings (SSSR count). The number of rotatable bonds is 7. The second kappa shape index (κ2) is 8.35. The van der Waals surface area contributed by atoms with Crippen LogP contribution in [0.4, 0.5) is 5.13 Å². The summed E-state index contributed by atoms with van der Waals surface area (Å²) in [7, 11) is 2.92. The molecule has 0 saturated heterocycles. The molecule has 0 aliphatic carbocycles. The van der Waals surface area contributed by atoms with E-state index in [-0.39, 0.29) is 24.3 Å². The maximum atomic E-state index is 11.7. The molecule has 0 bridgehead atoms. The van der Waals surface area contributed by atoms with Crippen LogP contribution in [0.3, 0.4) is 0 Å². The lowest BCUT2D eigenvalue weighted by Gasteiger charge is -2.13. The average molecular weight is 313 g/mol. The monoisotopic (exact) mass is 313 g/mol. The summed E-state index contributed by atoms with van der Waals surface area (Å²) in [5.74, 6) is -0.707. The highest BCUT2D eigenvalue weighted by atomic mass is 32.1. The number of ether oxygens (including phenoxy) is 1. The fourth-order valence-corrected chi connectivity index (χ4v) is 2.24. The zero-order valence-corrected chi connectivity index (χ0v) is 13.2.